The average Bonchev–Trinajstić information content (AvgIpc) is 4.18. The zero-order valence-electron chi connectivity index (χ0n) is 38.0. The van der Waals surface area contributed by atoms with Crippen LogP contribution >= 0.6 is 23.5 Å². The van der Waals surface area contributed by atoms with Crippen molar-refractivity contribution in [2.75, 3.05) is 24.6 Å². The maximum Gasteiger partial charge on any atom is 0.322 e. The summed E-state index contributed by atoms with van der Waals surface area (Å²) in [5.74, 6) is -2.97. The number of amides is 4. The van der Waals surface area contributed by atoms with Gasteiger partial charge in [-0.3, -0.25) is 24.0 Å². The van der Waals surface area contributed by atoms with Gasteiger partial charge in [0.25, 0.3) is 0 Å². The van der Waals surface area contributed by atoms with Crippen molar-refractivity contribution < 1.29 is 34.2 Å². The molecule has 0 unspecified atom stereocenters. The molecule has 6 aromatic carbocycles. The van der Waals surface area contributed by atoms with Gasteiger partial charge in [0.2, 0.25) is 23.6 Å². The zero-order chi connectivity index (χ0) is 48.5. The Kier molecular flexibility index (Phi) is 17.3. The minimum atomic E-state index is -1.32. The van der Waals surface area contributed by atoms with Crippen LogP contribution in [-0.4, -0.2) is 82.1 Å². The van der Waals surface area contributed by atoms with E-state index in [9.17, 15) is 29.1 Å². The largest absolute Gasteiger partial charge is 0.480 e. The number of benzene rings is 6. The topological polar surface area (TPSA) is 174 Å². The van der Waals surface area contributed by atoms with Crippen molar-refractivity contribution in [3.63, 3.8) is 0 Å². The second kappa shape index (κ2) is 23.9. The van der Waals surface area contributed by atoms with E-state index in [0.717, 1.165) is 33.4 Å². The quantitative estimate of drug-likeness (QED) is 0.0203. The van der Waals surface area contributed by atoms with E-state index in [1.165, 1.54) is 11.8 Å². The highest BCUT2D eigenvalue weighted by Crippen LogP contribution is 2.50. The second-order valence-electron chi connectivity index (χ2n) is 16.8. The van der Waals surface area contributed by atoms with Gasteiger partial charge in [-0.15, -0.1) is 23.5 Å². The van der Waals surface area contributed by atoms with Gasteiger partial charge in [0.1, 0.15) is 18.1 Å². The molecule has 7 rings (SSSR count). The van der Waals surface area contributed by atoms with E-state index in [1.807, 2.05) is 152 Å². The Balaban J connectivity index is 1.01. The Hall–Kier alpha value is -6.93. The van der Waals surface area contributed by atoms with Crippen LogP contribution in [-0.2, 0) is 33.5 Å². The number of carbonyl (C=O) groups is 5. The molecule has 6 N–H and O–H groups in total. The summed E-state index contributed by atoms with van der Waals surface area (Å²) < 4.78 is -1.34. The van der Waals surface area contributed by atoms with Crippen LogP contribution in [0.1, 0.15) is 59.1 Å². The normalized spacial score (nSPS) is 13.9. The molecule has 0 heterocycles. The lowest BCUT2D eigenvalue weighted by Crippen LogP contribution is -2.57. The molecule has 2 atom stereocenters. The number of hydrogen-bond donors (Lipinski definition) is 6. The molecule has 0 spiro atoms. The van der Waals surface area contributed by atoms with E-state index < -0.39 is 69.9 Å². The van der Waals surface area contributed by atoms with Crippen molar-refractivity contribution in [2.45, 2.75) is 52.9 Å². The van der Waals surface area contributed by atoms with Crippen LogP contribution in [0.25, 0.3) is 0 Å². The summed E-state index contributed by atoms with van der Waals surface area (Å²) in [6.45, 7) is -1.09. The number of aliphatic hydroxyl groups is 1. The number of carboxylic acid groups (broad SMARTS) is 1. The molecule has 1 saturated carbocycles. The van der Waals surface area contributed by atoms with Crippen LogP contribution in [0, 0.1) is 0 Å². The van der Waals surface area contributed by atoms with E-state index in [-0.39, 0.29) is 12.2 Å². The smallest absolute Gasteiger partial charge is 0.322 e. The fourth-order valence-corrected chi connectivity index (χ4v) is 11.4. The Morgan fingerprint density at radius 2 is 0.971 bits per heavy atom. The van der Waals surface area contributed by atoms with Gasteiger partial charge in [0, 0.05) is 5.75 Å². The van der Waals surface area contributed by atoms with Gasteiger partial charge in [-0.05, 0) is 58.4 Å². The summed E-state index contributed by atoms with van der Waals surface area (Å²) in [7, 11) is 0. The van der Waals surface area contributed by atoms with Crippen LogP contribution in [0.5, 0.6) is 0 Å². The number of rotatable bonds is 24. The maximum absolute atomic E-state index is 14.2. The third kappa shape index (κ3) is 12.6. The molecular formula is C56H56N4O7S2. The minimum Gasteiger partial charge on any atom is -0.480 e. The Morgan fingerprint density at radius 3 is 1.36 bits per heavy atom. The summed E-state index contributed by atoms with van der Waals surface area (Å²) in [5.41, 5.74) is 4.92. The highest BCUT2D eigenvalue weighted by molar-refractivity contribution is 8.00. The highest BCUT2D eigenvalue weighted by atomic mass is 32.2. The molecular weight excluding hydrogens is 905 g/mol. The third-order valence-corrected chi connectivity index (χ3v) is 15.2. The number of aliphatic carboxylic acids is 1. The van der Waals surface area contributed by atoms with Crippen molar-refractivity contribution in [1.82, 2.24) is 21.3 Å². The fraction of sp³-hybridized carbons (Fsp3) is 0.232. The lowest BCUT2D eigenvalue weighted by molar-refractivity contribution is -0.138. The van der Waals surface area contributed by atoms with Crippen LogP contribution in [0.2, 0.25) is 0 Å². The van der Waals surface area contributed by atoms with E-state index in [4.69, 9.17) is 5.11 Å². The summed E-state index contributed by atoms with van der Waals surface area (Å²) in [6, 6.07) is 59.5. The number of nitrogens with one attached hydrogen (secondary N) is 4. The van der Waals surface area contributed by atoms with E-state index in [1.54, 1.807) is 17.8 Å². The number of allylic oxidation sites excluding steroid dienone is 1. The standard InChI is InChI=1S/C56H56N4O7S2/c61-47(33-19-20-36-68-55(41-21-7-1-8-22-41,42-23-9-2-10-24-42)43-25-11-3-12-26-43)37-49(62)57-38-50(63)59-48(52(66)60-54(34-35-54)53(67)58-39-51(64)65)40-69-56(44-27-13-4-14-28-44,45-29-15-5-16-30-45)46-31-17-6-18-32-46/h1-19,21-33,47-48,61H,20,34-40H2,(H,57,62)(H,58,67)(H,59,63)(H,60,66)(H,64,65)/t47-,48-/m1/s1. The minimum absolute atomic E-state index is 0.0297. The van der Waals surface area contributed by atoms with Gasteiger partial charge in [0.05, 0.1) is 28.6 Å². The fourth-order valence-electron chi connectivity index (χ4n) is 8.40. The molecule has 1 fully saturated rings. The third-order valence-electron chi connectivity index (χ3n) is 11.9. The summed E-state index contributed by atoms with van der Waals surface area (Å²) in [5, 5.41) is 30.6. The number of carboxylic acids is 1. The van der Waals surface area contributed by atoms with Crippen molar-refractivity contribution in [2.24, 2.45) is 0 Å². The monoisotopic (exact) mass is 960 g/mol. The lowest BCUT2D eigenvalue weighted by Gasteiger charge is -2.36. The predicted octanol–water partition coefficient (Wildman–Crippen LogP) is 7.58. The number of thioether (sulfide) groups is 2. The molecule has 13 heteroatoms. The van der Waals surface area contributed by atoms with Crippen molar-refractivity contribution in [1.29, 1.82) is 0 Å². The van der Waals surface area contributed by atoms with Crippen LogP contribution in [0.4, 0.5) is 0 Å². The average molecular weight is 961 g/mol. The molecule has 1 aliphatic carbocycles. The van der Waals surface area contributed by atoms with Crippen LogP contribution < -0.4 is 21.3 Å². The Morgan fingerprint density at radius 1 is 0.565 bits per heavy atom. The summed E-state index contributed by atoms with van der Waals surface area (Å²) >= 11 is 3.23. The second-order valence-corrected chi connectivity index (χ2v) is 19.3. The first-order valence-electron chi connectivity index (χ1n) is 22.9. The number of aliphatic hydroxyl groups excluding tert-OH is 1. The molecule has 0 aliphatic heterocycles. The van der Waals surface area contributed by atoms with Gasteiger partial charge in [0.15, 0.2) is 0 Å². The van der Waals surface area contributed by atoms with Crippen molar-refractivity contribution >= 4 is 53.1 Å². The van der Waals surface area contributed by atoms with E-state index >= 15 is 0 Å². The molecule has 0 radical (unpaired) electrons. The predicted molar refractivity (Wildman–Crippen MR) is 273 cm³/mol. The lowest BCUT2D eigenvalue weighted by atomic mass is 9.84. The number of carbonyl (C=O) groups excluding carboxylic acids is 4. The molecule has 4 amide bonds. The molecule has 0 aromatic heterocycles. The van der Waals surface area contributed by atoms with Crippen LogP contribution in [0.3, 0.4) is 0 Å². The van der Waals surface area contributed by atoms with E-state index in [2.05, 4.69) is 57.7 Å². The van der Waals surface area contributed by atoms with Gasteiger partial charge in [-0.25, -0.2) is 0 Å². The first-order chi connectivity index (χ1) is 33.6. The first kappa shape index (κ1) is 50.0. The SMILES string of the molecule is O=C(O)CNC(=O)C1(NC(=O)[C@@H](CSC(c2ccccc2)(c2ccccc2)c2ccccc2)NC(=O)CNC(=O)C[C@H](O)C=CCCSC(c2ccccc2)(c2ccccc2)c2ccccc2)CC1. The van der Waals surface area contributed by atoms with Crippen LogP contribution in [0.15, 0.2) is 194 Å². The molecule has 1 aliphatic rings. The van der Waals surface area contributed by atoms with Crippen molar-refractivity contribution in [3.05, 3.63) is 228 Å². The Labute approximate surface area is 411 Å². The molecule has 6 aromatic rings. The molecule has 11 nitrogen and oxygen atoms in total. The van der Waals surface area contributed by atoms with Crippen molar-refractivity contribution in [3.8, 4) is 0 Å². The van der Waals surface area contributed by atoms with Gasteiger partial charge < -0.3 is 31.5 Å². The molecule has 69 heavy (non-hydrogen) atoms. The van der Waals surface area contributed by atoms with Gasteiger partial charge >= 0.3 is 5.97 Å². The first-order valence-corrected chi connectivity index (χ1v) is 24.9. The number of hydrogen-bond acceptors (Lipinski definition) is 8. The molecule has 0 saturated heterocycles. The van der Waals surface area contributed by atoms with Gasteiger partial charge in [-0.2, -0.15) is 0 Å². The zero-order valence-corrected chi connectivity index (χ0v) is 39.7. The summed E-state index contributed by atoms with van der Waals surface area (Å²) in [6.07, 6.45) is 3.25. The Bertz CT molecular complexity index is 2460. The maximum atomic E-state index is 14.2. The van der Waals surface area contributed by atoms with Gasteiger partial charge in [-0.1, -0.05) is 194 Å². The van der Waals surface area contributed by atoms with E-state index in [0.29, 0.717) is 25.0 Å². The highest BCUT2D eigenvalue weighted by Gasteiger charge is 2.52. The molecule has 0 bridgehead atoms. The summed E-state index contributed by atoms with van der Waals surface area (Å²) in [4.78, 5) is 65.3. The molecule has 354 valence electrons.